The van der Waals surface area contributed by atoms with Crippen LogP contribution in [-0.4, -0.2) is 12.5 Å². The van der Waals surface area contributed by atoms with E-state index in [0.717, 1.165) is 6.07 Å². The number of hydrogen-bond donors (Lipinski definition) is 2. The average Bonchev–Trinajstić information content (AvgIpc) is 2.22. The van der Waals surface area contributed by atoms with Gasteiger partial charge in [-0.05, 0) is 24.1 Å². The maximum Gasteiger partial charge on any atom is 0.229 e. The Morgan fingerprint density at radius 3 is 2.65 bits per heavy atom. The fraction of sp³-hybridized carbons (Fsp3) is 0.417. The van der Waals surface area contributed by atoms with Gasteiger partial charge in [0.05, 0.1) is 11.6 Å². The lowest BCUT2D eigenvalue weighted by molar-refractivity contribution is -0.120. The first-order valence-corrected chi connectivity index (χ1v) is 5.79. The summed E-state index contributed by atoms with van der Waals surface area (Å²) in [6.45, 7) is 4.03. The van der Waals surface area contributed by atoms with E-state index in [0.29, 0.717) is 5.02 Å². The predicted molar refractivity (Wildman–Crippen MR) is 67.4 cm³/mol. The molecule has 0 saturated carbocycles. The number of hydrogen-bond acceptors (Lipinski definition) is 2. The van der Waals surface area contributed by atoms with E-state index in [1.807, 2.05) is 13.8 Å². The average molecular weight is 259 g/mol. The van der Waals surface area contributed by atoms with Crippen LogP contribution in [-0.2, 0) is 4.79 Å². The summed E-state index contributed by atoms with van der Waals surface area (Å²) in [6, 6.07) is 4.11. The maximum absolute atomic E-state index is 13.4. The van der Waals surface area contributed by atoms with Crippen molar-refractivity contribution in [1.82, 2.24) is 0 Å². The third-order valence-corrected chi connectivity index (χ3v) is 2.82. The Labute approximate surface area is 105 Å². The first-order valence-electron chi connectivity index (χ1n) is 5.41. The molecule has 1 amide bonds. The van der Waals surface area contributed by atoms with Crippen molar-refractivity contribution in [2.24, 2.45) is 17.6 Å². The minimum atomic E-state index is -0.551. The molecule has 0 aliphatic carbocycles. The van der Waals surface area contributed by atoms with Gasteiger partial charge in [-0.25, -0.2) is 4.39 Å². The lowest BCUT2D eigenvalue weighted by Gasteiger charge is -2.18. The van der Waals surface area contributed by atoms with E-state index in [4.69, 9.17) is 17.3 Å². The molecule has 1 rings (SSSR count). The smallest absolute Gasteiger partial charge is 0.229 e. The van der Waals surface area contributed by atoms with Crippen molar-refractivity contribution in [3.8, 4) is 0 Å². The van der Waals surface area contributed by atoms with Crippen LogP contribution >= 0.6 is 11.6 Å². The molecule has 1 unspecified atom stereocenters. The zero-order valence-electron chi connectivity index (χ0n) is 9.84. The van der Waals surface area contributed by atoms with Gasteiger partial charge in [0.15, 0.2) is 0 Å². The summed E-state index contributed by atoms with van der Waals surface area (Å²) < 4.78 is 13.4. The highest BCUT2D eigenvalue weighted by Gasteiger charge is 2.21. The van der Waals surface area contributed by atoms with Crippen LogP contribution in [0, 0.1) is 17.7 Å². The molecule has 0 heterocycles. The van der Waals surface area contributed by atoms with Crippen molar-refractivity contribution in [3.05, 3.63) is 29.0 Å². The molecule has 0 aromatic heterocycles. The zero-order chi connectivity index (χ0) is 13.0. The Kier molecular flexibility index (Phi) is 4.90. The van der Waals surface area contributed by atoms with E-state index in [1.165, 1.54) is 12.1 Å². The molecule has 3 N–H and O–H groups in total. The maximum atomic E-state index is 13.4. The van der Waals surface area contributed by atoms with Crippen molar-refractivity contribution in [1.29, 1.82) is 0 Å². The zero-order valence-corrected chi connectivity index (χ0v) is 10.6. The lowest BCUT2D eigenvalue weighted by Crippen LogP contribution is -2.33. The first kappa shape index (κ1) is 13.9. The quantitative estimate of drug-likeness (QED) is 0.872. The highest BCUT2D eigenvalue weighted by atomic mass is 35.5. The molecule has 1 atom stereocenters. The number of amides is 1. The Morgan fingerprint density at radius 1 is 1.53 bits per heavy atom. The van der Waals surface area contributed by atoms with Crippen molar-refractivity contribution < 1.29 is 9.18 Å². The highest BCUT2D eigenvalue weighted by molar-refractivity contribution is 6.30. The molecule has 1 aromatic rings. The normalized spacial score (nSPS) is 12.6. The predicted octanol–water partition coefficient (Wildman–Crippen LogP) is 2.65. The summed E-state index contributed by atoms with van der Waals surface area (Å²) in [5, 5.41) is 2.81. The first-order chi connectivity index (χ1) is 7.95. The van der Waals surface area contributed by atoms with Gasteiger partial charge in [0.1, 0.15) is 5.82 Å². The van der Waals surface area contributed by atoms with E-state index in [-0.39, 0.29) is 30.0 Å². The molecule has 17 heavy (non-hydrogen) atoms. The molecule has 3 nitrogen and oxygen atoms in total. The molecule has 5 heteroatoms. The van der Waals surface area contributed by atoms with E-state index >= 15 is 0 Å². The molecule has 0 fully saturated rings. The molecule has 0 spiro atoms. The van der Waals surface area contributed by atoms with E-state index in [1.54, 1.807) is 0 Å². The summed E-state index contributed by atoms with van der Waals surface area (Å²) in [6.07, 6.45) is 0. The van der Waals surface area contributed by atoms with Crippen LogP contribution in [0.2, 0.25) is 5.02 Å². The number of rotatable bonds is 4. The summed E-state index contributed by atoms with van der Waals surface area (Å²) in [5.74, 6) is -1.05. The third kappa shape index (κ3) is 3.68. The third-order valence-electron chi connectivity index (χ3n) is 2.58. The molecule has 0 aliphatic heterocycles. The number of carbonyl (C=O) groups excluding carboxylic acids is 1. The minimum Gasteiger partial charge on any atom is -0.330 e. The van der Waals surface area contributed by atoms with E-state index in [9.17, 15) is 9.18 Å². The SMILES string of the molecule is CC(C)C(CN)C(=O)Nc1ccc(Cl)cc1F. The fourth-order valence-electron chi connectivity index (χ4n) is 1.50. The van der Waals surface area contributed by atoms with Crippen LogP contribution in [0.25, 0.3) is 0 Å². The van der Waals surface area contributed by atoms with Crippen LogP contribution in [0.5, 0.6) is 0 Å². The molecule has 94 valence electrons. The Balaban J connectivity index is 2.80. The second-order valence-electron chi connectivity index (χ2n) is 4.20. The van der Waals surface area contributed by atoms with Gasteiger partial charge >= 0.3 is 0 Å². The summed E-state index contributed by atoms with van der Waals surface area (Å²) in [5.41, 5.74) is 5.64. The molecule has 0 aliphatic rings. The number of anilines is 1. The second-order valence-corrected chi connectivity index (χ2v) is 4.64. The molecular weight excluding hydrogens is 243 g/mol. The Hall–Kier alpha value is -1.13. The van der Waals surface area contributed by atoms with Crippen LogP contribution in [0.3, 0.4) is 0 Å². The van der Waals surface area contributed by atoms with Crippen molar-refractivity contribution in [3.63, 3.8) is 0 Å². The van der Waals surface area contributed by atoms with Gasteiger partial charge in [-0.15, -0.1) is 0 Å². The monoisotopic (exact) mass is 258 g/mol. The summed E-state index contributed by atoms with van der Waals surface area (Å²) in [4.78, 5) is 11.8. The van der Waals surface area contributed by atoms with E-state index < -0.39 is 5.82 Å². The van der Waals surface area contributed by atoms with Crippen LogP contribution in [0.4, 0.5) is 10.1 Å². The molecule has 0 bridgehead atoms. The van der Waals surface area contributed by atoms with Gasteiger partial charge in [-0.1, -0.05) is 25.4 Å². The van der Waals surface area contributed by atoms with Crippen LogP contribution < -0.4 is 11.1 Å². The molecular formula is C12H16ClFN2O. The topological polar surface area (TPSA) is 55.1 Å². The Morgan fingerprint density at radius 2 is 2.18 bits per heavy atom. The fourth-order valence-corrected chi connectivity index (χ4v) is 1.66. The second kappa shape index (κ2) is 5.98. The van der Waals surface area contributed by atoms with Gasteiger partial charge in [0, 0.05) is 11.6 Å². The summed E-state index contributed by atoms with van der Waals surface area (Å²) >= 11 is 5.62. The van der Waals surface area contributed by atoms with E-state index in [2.05, 4.69) is 5.32 Å². The van der Waals surface area contributed by atoms with Gasteiger partial charge < -0.3 is 11.1 Å². The number of nitrogens with two attached hydrogens (primary N) is 1. The Bertz CT molecular complexity index is 409. The van der Waals surface area contributed by atoms with Gasteiger partial charge in [-0.2, -0.15) is 0 Å². The van der Waals surface area contributed by atoms with Crippen LogP contribution in [0.15, 0.2) is 18.2 Å². The van der Waals surface area contributed by atoms with Crippen molar-refractivity contribution in [2.45, 2.75) is 13.8 Å². The number of benzene rings is 1. The summed E-state index contributed by atoms with van der Waals surface area (Å²) in [7, 11) is 0. The number of nitrogens with one attached hydrogen (secondary N) is 1. The van der Waals surface area contributed by atoms with Crippen molar-refractivity contribution in [2.75, 3.05) is 11.9 Å². The van der Waals surface area contributed by atoms with Crippen LogP contribution in [0.1, 0.15) is 13.8 Å². The lowest BCUT2D eigenvalue weighted by atomic mass is 9.95. The largest absolute Gasteiger partial charge is 0.330 e. The van der Waals surface area contributed by atoms with Crippen molar-refractivity contribution >= 4 is 23.2 Å². The molecule has 0 saturated heterocycles. The molecule has 0 radical (unpaired) electrons. The number of carbonyl (C=O) groups is 1. The van der Waals surface area contributed by atoms with Gasteiger partial charge in [0.2, 0.25) is 5.91 Å². The molecule has 1 aromatic carbocycles. The van der Waals surface area contributed by atoms with Gasteiger partial charge in [0.25, 0.3) is 0 Å². The minimum absolute atomic E-state index is 0.107. The standard InChI is InChI=1S/C12H16ClFN2O/c1-7(2)9(6-15)12(17)16-11-4-3-8(13)5-10(11)14/h3-5,7,9H,6,15H2,1-2H3,(H,16,17). The highest BCUT2D eigenvalue weighted by Crippen LogP contribution is 2.20. The van der Waals surface area contributed by atoms with Gasteiger partial charge in [-0.3, -0.25) is 4.79 Å². The number of halogens is 2.